The summed E-state index contributed by atoms with van der Waals surface area (Å²) in [6.07, 6.45) is -1.69. The van der Waals surface area contributed by atoms with Gasteiger partial charge in [-0.05, 0) is 55.2 Å². The Bertz CT molecular complexity index is 759. The highest BCUT2D eigenvalue weighted by Gasteiger charge is 2.60. The largest absolute Gasteiger partial charge is 0.416 e. The van der Waals surface area contributed by atoms with Crippen molar-refractivity contribution in [2.24, 2.45) is 17.8 Å². The van der Waals surface area contributed by atoms with Crippen molar-refractivity contribution in [3.05, 3.63) is 29.6 Å². The zero-order valence-electron chi connectivity index (χ0n) is 12.1. The second-order valence-electron chi connectivity index (χ2n) is 6.71. The molecule has 2 saturated carbocycles. The number of rotatable bonds is 2. The van der Waals surface area contributed by atoms with Crippen LogP contribution in [0.5, 0.6) is 0 Å². The van der Waals surface area contributed by atoms with Crippen LogP contribution in [0.15, 0.2) is 23.1 Å². The summed E-state index contributed by atoms with van der Waals surface area (Å²) < 4.78 is 78.8. The molecule has 1 aromatic carbocycles. The molecule has 23 heavy (non-hydrogen) atoms. The molecule has 1 saturated heterocycles. The monoisotopic (exact) mass is 349 g/mol. The molecule has 8 heteroatoms. The van der Waals surface area contributed by atoms with Crippen molar-refractivity contribution >= 4 is 10.0 Å². The maximum absolute atomic E-state index is 13.9. The third-order valence-electron chi connectivity index (χ3n) is 5.61. The molecule has 0 N–H and O–H groups in total. The van der Waals surface area contributed by atoms with E-state index in [9.17, 15) is 26.0 Å². The summed E-state index contributed by atoms with van der Waals surface area (Å²) in [5.41, 5.74) is -1.15. The predicted molar refractivity (Wildman–Crippen MR) is 73.4 cm³/mol. The molecule has 0 radical (unpaired) electrons. The maximum atomic E-state index is 13.9. The van der Waals surface area contributed by atoms with Gasteiger partial charge in [0, 0.05) is 12.6 Å². The van der Waals surface area contributed by atoms with Crippen LogP contribution in [0.1, 0.15) is 24.8 Å². The van der Waals surface area contributed by atoms with E-state index in [-0.39, 0.29) is 17.9 Å². The first-order chi connectivity index (χ1) is 10.7. The van der Waals surface area contributed by atoms with E-state index in [2.05, 4.69) is 0 Å². The first-order valence-electron chi connectivity index (χ1n) is 7.58. The molecule has 3 nitrogen and oxygen atoms in total. The molecule has 0 spiro atoms. The Labute approximate surface area is 131 Å². The highest BCUT2D eigenvalue weighted by molar-refractivity contribution is 7.89. The molecule has 2 bridgehead atoms. The Hall–Kier alpha value is -1.15. The molecule has 1 heterocycles. The number of hydrogen-bond acceptors (Lipinski definition) is 2. The number of alkyl halides is 3. The molecule has 126 valence electrons. The molecule has 0 amide bonds. The van der Waals surface area contributed by atoms with E-state index in [0.717, 1.165) is 19.3 Å². The number of fused-ring (bicyclic) bond motifs is 5. The predicted octanol–water partition coefficient (Wildman–Crippen LogP) is 3.26. The molecule has 4 rings (SSSR count). The molecule has 1 aliphatic heterocycles. The summed E-state index contributed by atoms with van der Waals surface area (Å²) >= 11 is 0. The zero-order chi connectivity index (χ0) is 16.6. The van der Waals surface area contributed by atoms with Crippen molar-refractivity contribution < 1.29 is 26.0 Å². The summed E-state index contributed by atoms with van der Waals surface area (Å²) in [5.74, 6) is -0.0628. The molecule has 3 aliphatic rings. The molecule has 4 atom stereocenters. The molecule has 0 unspecified atom stereocenters. The minimum Gasteiger partial charge on any atom is -0.207 e. The summed E-state index contributed by atoms with van der Waals surface area (Å²) in [4.78, 5) is -0.867. The minimum atomic E-state index is -4.71. The molecule has 1 aromatic rings. The van der Waals surface area contributed by atoms with Crippen LogP contribution in [0.3, 0.4) is 0 Å². The molecule has 3 fully saturated rings. The van der Waals surface area contributed by atoms with Crippen LogP contribution < -0.4 is 0 Å². The van der Waals surface area contributed by atoms with Gasteiger partial charge in [-0.15, -0.1) is 0 Å². The van der Waals surface area contributed by atoms with Crippen molar-refractivity contribution in [3.8, 4) is 0 Å². The third-order valence-corrected chi connectivity index (χ3v) is 7.49. The Morgan fingerprint density at radius 2 is 1.83 bits per heavy atom. The number of hydrogen-bond donors (Lipinski definition) is 0. The van der Waals surface area contributed by atoms with Crippen LogP contribution in [0.2, 0.25) is 0 Å². The van der Waals surface area contributed by atoms with Crippen LogP contribution in [-0.4, -0.2) is 25.3 Å². The average molecular weight is 349 g/mol. The Morgan fingerprint density at radius 1 is 1.13 bits per heavy atom. The fourth-order valence-corrected chi connectivity index (χ4v) is 6.40. The lowest BCUT2D eigenvalue weighted by atomic mass is 9.79. The van der Waals surface area contributed by atoms with E-state index in [0.29, 0.717) is 30.7 Å². The first kappa shape index (κ1) is 15.4. The van der Waals surface area contributed by atoms with Crippen LogP contribution in [0, 0.1) is 23.6 Å². The Balaban J connectivity index is 1.70. The van der Waals surface area contributed by atoms with Crippen molar-refractivity contribution in [2.75, 3.05) is 6.54 Å². The zero-order valence-corrected chi connectivity index (χ0v) is 12.9. The smallest absolute Gasteiger partial charge is 0.207 e. The molecule has 0 aromatic heterocycles. The van der Waals surface area contributed by atoms with Crippen LogP contribution in [0.4, 0.5) is 17.6 Å². The van der Waals surface area contributed by atoms with E-state index < -0.39 is 32.5 Å². The van der Waals surface area contributed by atoms with Crippen molar-refractivity contribution in [3.63, 3.8) is 0 Å². The Kier molecular flexibility index (Phi) is 3.14. The van der Waals surface area contributed by atoms with E-state index in [1.54, 1.807) is 0 Å². The first-order valence-corrected chi connectivity index (χ1v) is 9.02. The summed E-state index contributed by atoms with van der Waals surface area (Å²) in [6.45, 7) is 0.295. The van der Waals surface area contributed by atoms with Crippen LogP contribution >= 0.6 is 0 Å². The second-order valence-corrected chi connectivity index (χ2v) is 8.56. The van der Waals surface area contributed by atoms with Gasteiger partial charge in [0.25, 0.3) is 0 Å². The lowest BCUT2D eigenvalue weighted by Crippen LogP contribution is -2.60. The van der Waals surface area contributed by atoms with E-state index in [1.165, 1.54) is 4.31 Å². The van der Waals surface area contributed by atoms with E-state index >= 15 is 0 Å². The highest BCUT2D eigenvalue weighted by Crippen LogP contribution is 2.56. The Morgan fingerprint density at radius 3 is 2.48 bits per heavy atom. The van der Waals surface area contributed by atoms with E-state index in [4.69, 9.17) is 0 Å². The second kappa shape index (κ2) is 4.69. The minimum absolute atomic E-state index is 0.160. The van der Waals surface area contributed by atoms with Crippen LogP contribution in [-0.2, 0) is 16.2 Å². The molecular weight excluding hydrogens is 334 g/mol. The number of sulfonamides is 1. The van der Waals surface area contributed by atoms with Gasteiger partial charge in [0.1, 0.15) is 10.7 Å². The van der Waals surface area contributed by atoms with Gasteiger partial charge in [0.05, 0.1) is 5.56 Å². The fourth-order valence-electron chi connectivity index (χ4n) is 4.54. The van der Waals surface area contributed by atoms with Crippen molar-refractivity contribution in [2.45, 2.75) is 36.4 Å². The lowest BCUT2D eigenvalue weighted by Gasteiger charge is -2.49. The van der Waals surface area contributed by atoms with Gasteiger partial charge in [-0.3, -0.25) is 0 Å². The molecule has 2 aliphatic carbocycles. The lowest BCUT2D eigenvalue weighted by molar-refractivity contribution is -0.137. The SMILES string of the molecule is O=S(=O)(c1cc(C(F)(F)F)ccc1F)N1C[C@H]2[C@H]3CC[C@@H](C3)[C@@H]21. The van der Waals surface area contributed by atoms with E-state index in [1.807, 2.05) is 0 Å². The quantitative estimate of drug-likeness (QED) is 0.769. The average Bonchev–Trinajstić information content (AvgIpc) is 2.93. The summed E-state index contributed by atoms with van der Waals surface area (Å²) in [6, 6.07) is 1.39. The molecular formula is C15H15F4NO2S. The van der Waals surface area contributed by atoms with Crippen molar-refractivity contribution in [1.82, 2.24) is 4.31 Å². The van der Waals surface area contributed by atoms with Gasteiger partial charge >= 0.3 is 6.18 Å². The summed E-state index contributed by atoms with van der Waals surface area (Å²) in [5, 5.41) is 0. The highest BCUT2D eigenvalue weighted by atomic mass is 32.2. The van der Waals surface area contributed by atoms with Gasteiger partial charge in [-0.25, -0.2) is 12.8 Å². The van der Waals surface area contributed by atoms with Gasteiger partial charge in [0.15, 0.2) is 0 Å². The van der Waals surface area contributed by atoms with Gasteiger partial charge in [0.2, 0.25) is 10.0 Å². The normalized spacial score (nSPS) is 33.6. The third kappa shape index (κ3) is 2.14. The van der Waals surface area contributed by atoms with Gasteiger partial charge in [-0.2, -0.15) is 17.5 Å². The topological polar surface area (TPSA) is 37.4 Å². The number of halogens is 4. The standard InChI is InChI=1S/C15H15F4NO2S/c16-12-4-3-10(15(17,18)19)6-13(12)23(21,22)20-7-11-8-1-2-9(5-8)14(11)20/h3-4,6,8-9,11,14H,1-2,5,7H2/t8-,9-,11-,14-/m0/s1. The van der Waals surface area contributed by atoms with Crippen LogP contribution in [0.25, 0.3) is 0 Å². The number of nitrogens with zero attached hydrogens (tertiary/aromatic N) is 1. The van der Waals surface area contributed by atoms with Crippen molar-refractivity contribution in [1.29, 1.82) is 0 Å². The maximum Gasteiger partial charge on any atom is 0.416 e. The van der Waals surface area contributed by atoms with Gasteiger partial charge in [-0.1, -0.05) is 0 Å². The number of benzene rings is 1. The van der Waals surface area contributed by atoms with Gasteiger partial charge < -0.3 is 0 Å². The summed E-state index contributed by atoms with van der Waals surface area (Å²) in [7, 11) is -4.23. The fraction of sp³-hybridized carbons (Fsp3) is 0.600.